The highest BCUT2D eigenvalue weighted by atomic mass is 79.9. The summed E-state index contributed by atoms with van der Waals surface area (Å²) in [5.41, 5.74) is 1.67. The normalized spacial score (nSPS) is 12.0. The van der Waals surface area contributed by atoms with Crippen molar-refractivity contribution in [1.29, 1.82) is 0 Å². The molecule has 0 aliphatic heterocycles. The number of carbonyl (C=O) groups is 2. The lowest BCUT2D eigenvalue weighted by Gasteiger charge is -2.33. The average molecular weight is 683 g/mol. The Morgan fingerprint density at radius 2 is 1.61 bits per heavy atom. The Kier molecular flexibility index (Phi) is 12.1. The zero-order valence-electron chi connectivity index (χ0n) is 23.2. The number of nitrogens with one attached hydrogen (secondary N) is 1. The predicted molar refractivity (Wildman–Crippen MR) is 169 cm³/mol. The minimum absolute atomic E-state index is 0.0425. The van der Waals surface area contributed by atoms with E-state index in [0.717, 1.165) is 22.7 Å². The standard InChI is InChI=1S/C30H34BrCl2N3O4S/c1-4-6-17-34-30(38)28(5-2)35(19-25-26(32)11-8-12-27(25)33)29(37)20-36(23-10-7-9-22(31)18-23)41(39,40)24-15-13-21(3)14-16-24/h7-16,18,28H,4-6,17,19-20H2,1-3H3,(H,34,38). The summed E-state index contributed by atoms with van der Waals surface area (Å²) in [4.78, 5) is 28.9. The fourth-order valence-electron chi connectivity index (χ4n) is 4.28. The Morgan fingerprint density at radius 1 is 0.976 bits per heavy atom. The molecular formula is C30H34BrCl2N3O4S. The molecule has 3 aromatic carbocycles. The topological polar surface area (TPSA) is 86.8 Å². The van der Waals surface area contributed by atoms with Gasteiger partial charge in [0.05, 0.1) is 10.6 Å². The molecule has 1 N–H and O–H groups in total. The van der Waals surface area contributed by atoms with Gasteiger partial charge in [-0.15, -0.1) is 0 Å². The van der Waals surface area contributed by atoms with E-state index in [1.54, 1.807) is 61.5 Å². The summed E-state index contributed by atoms with van der Waals surface area (Å²) < 4.78 is 29.6. The molecule has 0 aromatic heterocycles. The number of rotatable bonds is 13. The maximum atomic E-state index is 14.1. The lowest BCUT2D eigenvalue weighted by Crippen LogP contribution is -2.52. The highest BCUT2D eigenvalue weighted by Crippen LogP contribution is 2.29. The number of halogens is 3. The molecule has 41 heavy (non-hydrogen) atoms. The summed E-state index contributed by atoms with van der Waals surface area (Å²) in [5, 5.41) is 3.58. The molecule has 2 amide bonds. The third kappa shape index (κ3) is 8.47. The molecule has 0 saturated heterocycles. The van der Waals surface area contributed by atoms with E-state index < -0.39 is 28.5 Å². The maximum Gasteiger partial charge on any atom is 0.264 e. The molecule has 0 spiro atoms. The Bertz CT molecular complexity index is 1450. The number of sulfonamides is 1. The number of nitrogens with zero attached hydrogens (tertiary/aromatic N) is 2. The number of anilines is 1. The fourth-order valence-corrected chi connectivity index (χ4v) is 6.59. The van der Waals surface area contributed by atoms with Crippen LogP contribution in [0.2, 0.25) is 10.0 Å². The molecule has 220 valence electrons. The van der Waals surface area contributed by atoms with Crippen LogP contribution >= 0.6 is 39.1 Å². The minimum Gasteiger partial charge on any atom is -0.354 e. The van der Waals surface area contributed by atoms with Crippen LogP contribution in [0.4, 0.5) is 5.69 Å². The van der Waals surface area contributed by atoms with Crippen LogP contribution in [0.1, 0.15) is 44.2 Å². The van der Waals surface area contributed by atoms with Crippen LogP contribution in [0.3, 0.4) is 0 Å². The largest absolute Gasteiger partial charge is 0.354 e. The lowest BCUT2D eigenvalue weighted by atomic mass is 10.1. The first-order chi connectivity index (χ1) is 19.5. The van der Waals surface area contributed by atoms with Crippen LogP contribution in [0, 0.1) is 6.92 Å². The molecule has 1 atom stereocenters. The summed E-state index contributed by atoms with van der Waals surface area (Å²) in [6, 6.07) is 17.3. The summed E-state index contributed by atoms with van der Waals surface area (Å²) in [5.74, 6) is -0.901. The maximum absolute atomic E-state index is 14.1. The van der Waals surface area contributed by atoms with Gasteiger partial charge in [-0.1, -0.05) is 89.2 Å². The van der Waals surface area contributed by atoms with Crippen LogP contribution in [0.25, 0.3) is 0 Å². The Morgan fingerprint density at radius 3 is 2.20 bits per heavy atom. The second kappa shape index (κ2) is 15.0. The van der Waals surface area contributed by atoms with Crippen LogP contribution in [-0.2, 0) is 26.2 Å². The number of amides is 2. The minimum atomic E-state index is -4.16. The molecular weight excluding hydrogens is 649 g/mol. The van der Waals surface area contributed by atoms with Crippen molar-refractivity contribution in [2.45, 2.75) is 57.5 Å². The quantitative estimate of drug-likeness (QED) is 0.197. The van der Waals surface area contributed by atoms with Crippen LogP contribution in [0.15, 0.2) is 76.1 Å². The number of hydrogen-bond acceptors (Lipinski definition) is 4. The Balaban J connectivity index is 2.08. The van der Waals surface area contributed by atoms with Gasteiger partial charge in [0.15, 0.2) is 0 Å². The molecule has 0 radical (unpaired) electrons. The first-order valence-corrected chi connectivity index (χ1v) is 16.3. The van der Waals surface area contributed by atoms with Gasteiger partial charge in [-0.05, 0) is 62.2 Å². The van der Waals surface area contributed by atoms with Gasteiger partial charge >= 0.3 is 0 Å². The van der Waals surface area contributed by atoms with E-state index in [2.05, 4.69) is 21.2 Å². The van der Waals surface area contributed by atoms with E-state index in [0.29, 0.717) is 38.7 Å². The molecule has 3 aromatic rings. The smallest absolute Gasteiger partial charge is 0.264 e. The summed E-state index contributed by atoms with van der Waals surface area (Å²) >= 11 is 16.3. The van der Waals surface area contributed by atoms with Crippen LogP contribution in [-0.4, -0.2) is 44.3 Å². The van der Waals surface area contributed by atoms with Gasteiger partial charge in [0.2, 0.25) is 11.8 Å². The molecule has 0 aliphatic rings. The lowest BCUT2D eigenvalue weighted by molar-refractivity contribution is -0.140. The van der Waals surface area contributed by atoms with E-state index in [1.165, 1.54) is 17.0 Å². The van der Waals surface area contributed by atoms with Crippen molar-refractivity contribution in [1.82, 2.24) is 10.2 Å². The molecule has 0 bridgehead atoms. The summed E-state index contributed by atoms with van der Waals surface area (Å²) in [6.45, 7) is 5.52. The van der Waals surface area contributed by atoms with Gasteiger partial charge in [-0.25, -0.2) is 8.42 Å². The van der Waals surface area contributed by atoms with Crippen molar-refractivity contribution >= 4 is 66.7 Å². The zero-order valence-corrected chi connectivity index (χ0v) is 27.2. The monoisotopic (exact) mass is 681 g/mol. The molecule has 11 heteroatoms. The SMILES string of the molecule is CCCCNC(=O)C(CC)N(Cc1c(Cl)cccc1Cl)C(=O)CN(c1cccc(Br)c1)S(=O)(=O)c1ccc(C)cc1. The van der Waals surface area contributed by atoms with Crippen molar-refractivity contribution < 1.29 is 18.0 Å². The van der Waals surface area contributed by atoms with Gasteiger partial charge in [-0.3, -0.25) is 13.9 Å². The van der Waals surface area contributed by atoms with Gasteiger partial charge in [0.25, 0.3) is 10.0 Å². The summed E-state index contributed by atoms with van der Waals surface area (Å²) in [7, 11) is -4.16. The van der Waals surface area contributed by atoms with E-state index in [-0.39, 0.29) is 17.3 Å². The number of unbranched alkanes of at least 4 members (excludes halogenated alkanes) is 1. The van der Waals surface area contributed by atoms with Crippen molar-refractivity contribution in [2.75, 3.05) is 17.4 Å². The molecule has 7 nitrogen and oxygen atoms in total. The van der Waals surface area contributed by atoms with Gasteiger partial charge < -0.3 is 10.2 Å². The van der Waals surface area contributed by atoms with Crippen molar-refractivity contribution in [3.8, 4) is 0 Å². The second-order valence-electron chi connectivity index (χ2n) is 9.60. The van der Waals surface area contributed by atoms with E-state index in [9.17, 15) is 18.0 Å². The van der Waals surface area contributed by atoms with Crippen molar-refractivity contribution in [2.24, 2.45) is 0 Å². The first kappa shape index (κ1) is 32.9. The molecule has 1 unspecified atom stereocenters. The summed E-state index contributed by atoms with van der Waals surface area (Å²) in [6.07, 6.45) is 1.98. The fraction of sp³-hybridized carbons (Fsp3) is 0.333. The van der Waals surface area contributed by atoms with E-state index in [4.69, 9.17) is 23.2 Å². The highest BCUT2D eigenvalue weighted by molar-refractivity contribution is 9.10. The van der Waals surface area contributed by atoms with E-state index >= 15 is 0 Å². The van der Waals surface area contributed by atoms with E-state index in [1.807, 2.05) is 13.8 Å². The third-order valence-corrected chi connectivity index (χ3v) is 9.58. The molecule has 0 fully saturated rings. The highest BCUT2D eigenvalue weighted by Gasteiger charge is 2.34. The Hall–Kier alpha value is -2.59. The molecule has 0 saturated carbocycles. The van der Waals surface area contributed by atoms with Gasteiger partial charge in [0, 0.05) is 33.2 Å². The third-order valence-electron chi connectivity index (χ3n) is 6.59. The predicted octanol–water partition coefficient (Wildman–Crippen LogP) is 6.98. The average Bonchev–Trinajstić information content (AvgIpc) is 2.93. The first-order valence-electron chi connectivity index (χ1n) is 13.3. The van der Waals surface area contributed by atoms with Crippen molar-refractivity contribution in [3.63, 3.8) is 0 Å². The van der Waals surface area contributed by atoms with Crippen LogP contribution < -0.4 is 9.62 Å². The second-order valence-corrected chi connectivity index (χ2v) is 13.2. The van der Waals surface area contributed by atoms with Crippen molar-refractivity contribution in [3.05, 3.63) is 92.4 Å². The molecule has 0 aliphatic carbocycles. The number of benzene rings is 3. The Labute approximate surface area is 261 Å². The molecule has 0 heterocycles. The zero-order chi connectivity index (χ0) is 30.2. The number of hydrogen-bond donors (Lipinski definition) is 1. The van der Waals surface area contributed by atoms with Gasteiger partial charge in [-0.2, -0.15) is 0 Å². The molecule has 3 rings (SSSR count). The number of aryl methyl sites for hydroxylation is 1. The van der Waals surface area contributed by atoms with Crippen LogP contribution in [0.5, 0.6) is 0 Å². The van der Waals surface area contributed by atoms with Gasteiger partial charge in [0.1, 0.15) is 12.6 Å². The number of carbonyl (C=O) groups excluding carboxylic acids is 2.